The molecule has 0 bridgehead atoms. The van der Waals surface area contributed by atoms with E-state index in [-0.39, 0.29) is 1.43 Å². The average Bonchev–Trinajstić information content (AvgIpc) is 1.90. The molecule has 1 aromatic rings. The molecule has 1 nitrogen and oxygen atoms in total. The zero-order valence-electron chi connectivity index (χ0n) is 5.89. The van der Waals surface area contributed by atoms with Crippen molar-refractivity contribution in [2.24, 2.45) is 0 Å². The fourth-order valence-corrected chi connectivity index (χ4v) is 0.938. The van der Waals surface area contributed by atoms with Crippen molar-refractivity contribution < 1.29 is 1.43 Å². The Bertz CT molecular complexity index is 154. The topological polar surface area (TPSA) is 12.0 Å². The van der Waals surface area contributed by atoms with Gasteiger partial charge in [0.05, 0.1) is 0 Å². The zero-order chi connectivity index (χ0) is 5.82. The van der Waals surface area contributed by atoms with Crippen molar-refractivity contribution in [3.8, 4) is 0 Å². The highest BCUT2D eigenvalue weighted by Gasteiger charge is 1.77. The quantitative estimate of drug-likeness (QED) is 0.537. The molecule has 0 amide bonds. The lowest BCUT2D eigenvalue weighted by atomic mass is 10.3. The summed E-state index contributed by atoms with van der Waals surface area (Å²) in [5.41, 5.74) is 1.22. The standard InChI is InChI=1S/C6H9NSi/c8-7-6-4-2-1-3-5-6/h1-5,7H,8H3/p+1. The molecule has 0 unspecified atom stereocenters. The van der Waals surface area contributed by atoms with Crippen molar-refractivity contribution in [3.05, 3.63) is 30.3 Å². The van der Waals surface area contributed by atoms with Gasteiger partial charge in [-0.1, -0.05) is 18.2 Å². The summed E-state index contributed by atoms with van der Waals surface area (Å²) in [4.78, 5) is 3.17. The number of hydrogen-bond acceptors (Lipinski definition) is 1. The summed E-state index contributed by atoms with van der Waals surface area (Å²) in [6, 6.07) is 10.2. The SMILES string of the molecule is [H+].[SiH3]Nc1ccccc1. The van der Waals surface area contributed by atoms with E-state index < -0.39 is 0 Å². The van der Waals surface area contributed by atoms with Gasteiger partial charge in [-0.3, -0.25) is 0 Å². The highest BCUT2D eigenvalue weighted by atomic mass is 28.2. The molecule has 0 saturated carbocycles. The molecule has 0 atom stereocenters. The summed E-state index contributed by atoms with van der Waals surface area (Å²) in [5.74, 6) is 0. The van der Waals surface area contributed by atoms with Crippen LogP contribution in [0.3, 0.4) is 0 Å². The Morgan fingerprint density at radius 2 is 1.88 bits per heavy atom. The van der Waals surface area contributed by atoms with Gasteiger partial charge in [-0.2, -0.15) is 0 Å². The molecule has 0 radical (unpaired) electrons. The summed E-state index contributed by atoms with van der Waals surface area (Å²) in [7, 11) is 1.03. The molecule has 0 aliphatic carbocycles. The van der Waals surface area contributed by atoms with E-state index in [0.29, 0.717) is 0 Å². The molecule has 0 aliphatic rings. The van der Waals surface area contributed by atoms with Crippen molar-refractivity contribution >= 4 is 16.1 Å². The third-order valence-electron chi connectivity index (χ3n) is 1.06. The Morgan fingerprint density at radius 3 is 2.25 bits per heavy atom. The van der Waals surface area contributed by atoms with Crippen molar-refractivity contribution in [1.29, 1.82) is 0 Å². The Morgan fingerprint density at radius 1 is 1.25 bits per heavy atom. The van der Waals surface area contributed by atoms with E-state index in [1.54, 1.807) is 0 Å². The summed E-state index contributed by atoms with van der Waals surface area (Å²) >= 11 is 0. The van der Waals surface area contributed by atoms with Crippen LogP contribution in [0.4, 0.5) is 5.69 Å². The van der Waals surface area contributed by atoms with E-state index in [2.05, 4.69) is 17.1 Å². The second-order valence-corrected chi connectivity index (χ2v) is 2.12. The number of benzene rings is 1. The molecule has 0 heterocycles. The predicted octanol–water partition coefficient (Wildman–Crippen LogP) is 0.491. The first-order chi connectivity index (χ1) is 3.93. The molecule has 0 fully saturated rings. The number of rotatable bonds is 1. The Balaban J connectivity index is 0.000000640. The van der Waals surface area contributed by atoms with Crippen LogP contribution in [0, 0.1) is 0 Å². The van der Waals surface area contributed by atoms with Crippen LogP contribution in [0.15, 0.2) is 30.3 Å². The van der Waals surface area contributed by atoms with Gasteiger partial charge >= 0.3 is 1.43 Å². The zero-order valence-corrected chi connectivity index (χ0v) is 6.89. The normalized spacial score (nSPS) is 9.00. The molecule has 0 saturated heterocycles. The number of nitrogens with one attached hydrogen (secondary N) is 1. The average molecular weight is 124 g/mol. The second kappa shape index (κ2) is 2.52. The minimum Gasteiger partial charge on any atom is -0.419 e. The van der Waals surface area contributed by atoms with E-state index >= 15 is 0 Å². The van der Waals surface area contributed by atoms with E-state index in [1.165, 1.54) is 5.69 Å². The molecule has 0 spiro atoms. The molecular formula is C6H10NSi+. The fraction of sp³-hybridized carbons (Fsp3) is 0. The van der Waals surface area contributed by atoms with E-state index in [0.717, 1.165) is 10.4 Å². The van der Waals surface area contributed by atoms with E-state index in [1.807, 2.05) is 18.2 Å². The molecule has 1 rings (SSSR count). The maximum atomic E-state index is 3.17. The van der Waals surface area contributed by atoms with Crippen LogP contribution in [-0.4, -0.2) is 10.4 Å². The molecule has 1 N–H and O–H groups in total. The molecule has 2 heteroatoms. The molecule has 42 valence electrons. The monoisotopic (exact) mass is 124 g/mol. The lowest BCUT2D eigenvalue weighted by Crippen LogP contribution is -1.87. The number of para-hydroxylation sites is 1. The van der Waals surface area contributed by atoms with Gasteiger partial charge in [0.25, 0.3) is 0 Å². The van der Waals surface area contributed by atoms with Crippen LogP contribution in [0.25, 0.3) is 0 Å². The van der Waals surface area contributed by atoms with Crippen molar-refractivity contribution in [2.45, 2.75) is 0 Å². The van der Waals surface area contributed by atoms with Gasteiger partial charge in [-0.15, -0.1) is 0 Å². The third-order valence-corrected chi connectivity index (χ3v) is 1.64. The van der Waals surface area contributed by atoms with Gasteiger partial charge in [0, 0.05) is 5.69 Å². The van der Waals surface area contributed by atoms with Crippen LogP contribution in [0.1, 0.15) is 1.43 Å². The first-order valence-corrected chi connectivity index (χ1v) is 3.66. The van der Waals surface area contributed by atoms with E-state index in [9.17, 15) is 0 Å². The Hall–Kier alpha value is -0.763. The molecule has 8 heavy (non-hydrogen) atoms. The maximum Gasteiger partial charge on any atom is 1.00 e. The van der Waals surface area contributed by atoms with Gasteiger partial charge in [-0.25, -0.2) is 0 Å². The van der Waals surface area contributed by atoms with Gasteiger partial charge in [0.2, 0.25) is 0 Å². The van der Waals surface area contributed by atoms with Crippen LogP contribution >= 0.6 is 0 Å². The van der Waals surface area contributed by atoms with Gasteiger partial charge in [-0.05, 0) is 12.1 Å². The highest BCUT2D eigenvalue weighted by molar-refractivity contribution is 6.15. The smallest absolute Gasteiger partial charge is 0.419 e. The summed E-state index contributed by atoms with van der Waals surface area (Å²) in [6.45, 7) is 0. The summed E-state index contributed by atoms with van der Waals surface area (Å²) < 4.78 is 0. The number of hydrogen-bond donors (Lipinski definition) is 1. The Kier molecular flexibility index (Phi) is 1.69. The third kappa shape index (κ3) is 1.10. The molecule has 0 aliphatic heterocycles. The van der Waals surface area contributed by atoms with Crippen molar-refractivity contribution in [1.82, 2.24) is 0 Å². The largest absolute Gasteiger partial charge is 1.00 e. The van der Waals surface area contributed by atoms with Crippen LogP contribution in [0.5, 0.6) is 0 Å². The van der Waals surface area contributed by atoms with Crippen LogP contribution < -0.4 is 4.98 Å². The lowest BCUT2D eigenvalue weighted by Gasteiger charge is -1.94. The van der Waals surface area contributed by atoms with Gasteiger partial charge in [0.1, 0.15) is 10.4 Å². The lowest BCUT2D eigenvalue weighted by molar-refractivity contribution is 1.68. The fourth-order valence-electron chi connectivity index (χ4n) is 0.605. The molecule has 0 aromatic heterocycles. The maximum absolute atomic E-state index is 3.17. The second-order valence-electron chi connectivity index (χ2n) is 1.62. The van der Waals surface area contributed by atoms with E-state index in [4.69, 9.17) is 0 Å². The Labute approximate surface area is 53.7 Å². The van der Waals surface area contributed by atoms with Crippen molar-refractivity contribution in [3.63, 3.8) is 0 Å². The minimum absolute atomic E-state index is 0. The summed E-state index contributed by atoms with van der Waals surface area (Å²) in [5, 5.41) is 0. The van der Waals surface area contributed by atoms with Gasteiger partial charge in [0.15, 0.2) is 0 Å². The van der Waals surface area contributed by atoms with Crippen LogP contribution in [0.2, 0.25) is 0 Å². The highest BCUT2D eigenvalue weighted by Crippen LogP contribution is 2.01. The number of anilines is 1. The first-order valence-electron chi connectivity index (χ1n) is 2.66. The van der Waals surface area contributed by atoms with Gasteiger partial charge < -0.3 is 4.98 Å². The molecule has 1 aromatic carbocycles. The van der Waals surface area contributed by atoms with Crippen molar-refractivity contribution in [2.75, 3.05) is 4.98 Å². The van der Waals surface area contributed by atoms with Crippen LogP contribution in [-0.2, 0) is 0 Å². The summed E-state index contributed by atoms with van der Waals surface area (Å²) in [6.07, 6.45) is 0. The predicted molar refractivity (Wildman–Crippen MR) is 41.1 cm³/mol. The first kappa shape index (κ1) is 5.38. The molecular weight excluding hydrogens is 114 g/mol. The minimum atomic E-state index is 0.